The van der Waals surface area contributed by atoms with Gasteiger partial charge in [0.15, 0.2) is 5.17 Å². The maximum Gasteiger partial charge on any atom is 0.244 e. The summed E-state index contributed by atoms with van der Waals surface area (Å²) < 4.78 is 0. The van der Waals surface area contributed by atoms with Crippen LogP contribution in [0.2, 0.25) is 0 Å². The van der Waals surface area contributed by atoms with Crippen molar-refractivity contribution in [3.63, 3.8) is 0 Å². The van der Waals surface area contributed by atoms with Gasteiger partial charge in [0.1, 0.15) is 6.54 Å². The number of likely N-dealkylation sites (tertiary alicyclic amines) is 1. The lowest BCUT2D eigenvalue weighted by molar-refractivity contribution is -0.130. The second-order valence-corrected chi connectivity index (χ2v) is 6.38. The Labute approximate surface area is 114 Å². The van der Waals surface area contributed by atoms with Crippen molar-refractivity contribution in [3.05, 3.63) is 0 Å². The summed E-state index contributed by atoms with van der Waals surface area (Å²) in [6, 6.07) is 0.499. The van der Waals surface area contributed by atoms with Gasteiger partial charge in [0, 0.05) is 24.9 Å². The van der Waals surface area contributed by atoms with E-state index in [0.29, 0.717) is 18.5 Å². The number of nitrogens with zero attached hydrogens (tertiary/aromatic N) is 2. The summed E-state index contributed by atoms with van der Waals surface area (Å²) >= 11 is 1.74. The van der Waals surface area contributed by atoms with E-state index < -0.39 is 0 Å². The van der Waals surface area contributed by atoms with Crippen molar-refractivity contribution in [2.45, 2.75) is 39.2 Å². The summed E-state index contributed by atoms with van der Waals surface area (Å²) in [5.74, 6) is 1.86. The summed E-state index contributed by atoms with van der Waals surface area (Å²) in [6.07, 6.45) is 3.54. The van der Waals surface area contributed by atoms with Gasteiger partial charge in [-0.2, -0.15) is 0 Å². The molecule has 1 amide bonds. The lowest BCUT2D eigenvalue weighted by Crippen LogP contribution is -2.37. The number of amides is 1. The predicted molar refractivity (Wildman–Crippen MR) is 77.0 cm³/mol. The summed E-state index contributed by atoms with van der Waals surface area (Å²) in [5, 5.41) is 4.33. The Morgan fingerprint density at radius 3 is 2.78 bits per heavy atom. The van der Waals surface area contributed by atoms with Crippen LogP contribution in [0.25, 0.3) is 0 Å². The van der Waals surface area contributed by atoms with Crippen LogP contribution >= 0.6 is 11.8 Å². The first kappa shape index (κ1) is 13.7. The third-order valence-corrected chi connectivity index (χ3v) is 4.63. The third kappa shape index (κ3) is 3.64. The van der Waals surface area contributed by atoms with Gasteiger partial charge in [0.2, 0.25) is 5.91 Å². The van der Waals surface area contributed by atoms with Gasteiger partial charge in [-0.25, -0.2) is 0 Å². The van der Waals surface area contributed by atoms with Gasteiger partial charge < -0.3 is 10.2 Å². The molecule has 4 nitrogen and oxygen atoms in total. The second-order valence-electron chi connectivity index (χ2n) is 5.37. The van der Waals surface area contributed by atoms with Gasteiger partial charge in [0.05, 0.1) is 0 Å². The van der Waals surface area contributed by atoms with Crippen molar-refractivity contribution < 1.29 is 4.79 Å². The maximum absolute atomic E-state index is 12.0. The van der Waals surface area contributed by atoms with Crippen LogP contribution in [-0.2, 0) is 4.79 Å². The van der Waals surface area contributed by atoms with Crippen LogP contribution in [-0.4, -0.2) is 47.4 Å². The molecule has 0 saturated carbocycles. The highest BCUT2D eigenvalue weighted by Gasteiger charge is 2.23. The van der Waals surface area contributed by atoms with Crippen molar-refractivity contribution in [1.82, 2.24) is 10.2 Å². The molecule has 2 rings (SSSR count). The van der Waals surface area contributed by atoms with Crippen molar-refractivity contribution in [2.24, 2.45) is 10.9 Å². The molecule has 0 bridgehead atoms. The highest BCUT2D eigenvalue weighted by atomic mass is 32.2. The molecule has 1 atom stereocenters. The van der Waals surface area contributed by atoms with Crippen molar-refractivity contribution in [2.75, 3.05) is 25.4 Å². The fourth-order valence-corrected chi connectivity index (χ4v) is 3.44. The molecule has 0 radical (unpaired) electrons. The Kier molecular flexibility index (Phi) is 4.92. The molecule has 2 fully saturated rings. The van der Waals surface area contributed by atoms with Crippen LogP contribution in [0.4, 0.5) is 0 Å². The monoisotopic (exact) mass is 269 g/mol. The van der Waals surface area contributed by atoms with E-state index in [1.165, 1.54) is 6.42 Å². The summed E-state index contributed by atoms with van der Waals surface area (Å²) in [7, 11) is 0. The predicted octanol–water partition coefficient (Wildman–Crippen LogP) is 1.72. The zero-order valence-electron chi connectivity index (χ0n) is 11.3. The number of aliphatic imine (C=N–C) groups is 1. The largest absolute Gasteiger partial charge is 0.361 e. The van der Waals surface area contributed by atoms with E-state index >= 15 is 0 Å². The van der Waals surface area contributed by atoms with Crippen molar-refractivity contribution in [1.29, 1.82) is 0 Å². The molecular weight excluding hydrogens is 246 g/mol. The summed E-state index contributed by atoms with van der Waals surface area (Å²) in [4.78, 5) is 18.3. The molecule has 1 N–H and O–H groups in total. The van der Waals surface area contributed by atoms with E-state index in [2.05, 4.69) is 24.2 Å². The molecule has 0 aromatic carbocycles. The molecule has 0 spiro atoms. The number of hydrogen-bond acceptors (Lipinski definition) is 3. The average molecular weight is 269 g/mol. The van der Waals surface area contributed by atoms with Gasteiger partial charge >= 0.3 is 0 Å². The number of rotatable bonds is 3. The van der Waals surface area contributed by atoms with Gasteiger partial charge in [-0.3, -0.25) is 9.79 Å². The van der Waals surface area contributed by atoms with E-state index in [1.54, 1.807) is 11.8 Å². The Balaban J connectivity index is 1.78. The van der Waals surface area contributed by atoms with E-state index in [4.69, 9.17) is 0 Å². The molecule has 18 heavy (non-hydrogen) atoms. The standard InChI is InChI=1S/C13H23N3OS/c1-10(2)11-9-18-13(15-11)14-8-12(17)16-6-4-3-5-7-16/h10-11H,3-9H2,1-2H3,(H,14,15). The highest BCUT2D eigenvalue weighted by molar-refractivity contribution is 8.14. The number of amidine groups is 1. The maximum atomic E-state index is 12.0. The first-order chi connectivity index (χ1) is 8.66. The van der Waals surface area contributed by atoms with Crippen LogP contribution in [0.1, 0.15) is 33.1 Å². The molecule has 2 saturated heterocycles. The average Bonchev–Trinajstić information content (AvgIpc) is 2.86. The number of carbonyl (C=O) groups excluding carboxylic acids is 1. The molecule has 2 aliphatic rings. The molecule has 0 aliphatic carbocycles. The quantitative estimate of drug-likeness (QED) is 0.848. The van der Waals surface area contributed by atoms with E-state index in [1.807, 2.05) is 4.90 Å². The topological polar surface area (TPSA) is 44.7 Å². The van der Waals surface area contributed by atoms with Crippen LogP contribution in [0.3, 0.4) is 0 Å². The minimum absolute atomic E-state index is 0.178. The lowest BCUT2D eigenvalue weighted by atomic mass is 10.1. The second kappa shape index (κ2) is 6.45. The van der Waals surface area contributed by atoms with Crippen LogP contribution in [0.15, 0.2) is 4.99 Å². The number of hydrogen-bond donors (Lipinski definition) is 1. The first-order valence-electron chi connectivity index (χ1n) is 6.88. The van der Waals surface area contributed by atoms with E-state index in [-0.39, 0.29) is 5.91 Å². The fraction of sp³-hybridized carbons (Fsp3) is 0.846. The smallest absolute Gasteiger partial charge is 0.244 e. The molecular formula is C13H23N3OS. The number of piperidine rings is 1. The zero-order valence-corrected chi connectivity index (χ0v) is 12.1. The fourth-order valence-electron chi connectivity index (χ4n) is 2.24. The molecule has 0 aromatic rings. The Morgan fingerprint density at radius 1 is 1.44 bits per heavy atom. The van der Waals surface area contributed by atoms with Gasteiger partial charge in [-0.1, -0.05) is 25.6 Å². The van der Waals surface area contributed by atoms with E-state index in [9.17, 15) is 4.79 Å². The van der Waals surface area contributed by atoms with Crippen LogP contribution in [0, 0.1) is 5.92 Å². The van der Waals surface area contributed by atoms with Crippen molar-refractivity contribution >= 4 is 22.8 Å². The number of carbonyl (C=O) groups is 1. The summed E-state index contributed by atoms with van der Waals surface area (Å²) in [5.41, 5.74) is 0. The Morgan fingerprint density at radius 2 is 2.17 bits per heavy atom. The minimum Gasteiger partial charge on any atom is -0.361 e. The SMILES string of the molecule is CC(C)C1CSC(=NCC(=O)N2CCCCC2)N1. The molecule has 102 valence electrons. The zero-order chi connectivity index (χ0) is 13.0. The first-order valence-corrected chi connectivity index (χ1v) is 7.87. The molecule has 5 heteroatoms. The van der Waals surface area contributed by atoms with Gasteiger partial charge in [-0.05, 0) is 25.2 Å². The molecule has 2 aliphatic heterocycles. The molecule has 0 aromatic heterocycles. The Hall–Kier alpha value is -0.710. The molecule has 2 heterocycles. The Bertz CT molecular complexity index is 324. The number of nitrogens with one attached hydrogen (secondary N) is 1. The van der Waals surface area contributed by atoms with Crippen molar-refractivity contribution in [3.8, 4) is 0 Å². The third-order valence-electron chi connectivity index (χ3n) is 3.58. The highest BCUT2D eigenvalue weighted by Crippen LogP contribution is 2.19. The normalized spacial score (nSPS) is 26.7. The van der Waals surface area contributed by atoms with Crippen LogP contribution < -0.4 is 5.32 Å². The van der Waals surface area contributed by atoms with E-state index in [0.717, 1.165) is 36.9 Å². The lowest BCUT2D eigenvalue weighted by Gasteiger charge is -2.26. The van der Waals surface area contributed by atoms with Crippen LogP contribution in [0.5, 0.6) is 0 Å². The minimum atomic E-state index is 0.178. The summed E-state index contributed by atoms with van der Waals surface area (Å²) in [6.45, 7) is 6.55. The number of thioether (sulfide) groups is 1. The van der Waals surface area contributed by atoms with Gasteiger partial charge in [-0.15, -0.1) is 0 Å². The molecule has 1 unspecified atom stereocenters. The van der Waals surface area contributed by atoms with Gasteiger partial charge in [0.25, 0.3) is 0 Å².